The highest BCUT2D eigenvalue weighted by Gasteiger charge is 2.16. The maximum Gasteiger partial charge on any atom is 0.251 e. The molecule has 0 bridgehead atoms. The first kappa shape index (κ1) is 17.7. The Morgan fingerprint density at radius 2 is 1.96 bits per heavy atom. The predicted molar refractivity (Wildman–Crippen MR) is 109 cm³/mol. The lowest BCUT2D eigenvalue weighted by Gasteiger charge is -2.18. The topological polar surface area (TPSA) is 54.6 Å². The molecule has 136 valence electrons. The van der Waals surface area contributed by atoms with Crippen LogP contribution in [0.25, 0.3) is 11.1 Å². The number of aliphatic imine (C=N–C) groups is 1. The van der Waals surface area contributed by atoms with Crippen molar-refractivity contribution < 1.29 is 5.11 Å². The van der Waals surface area contributed by atoms with Gasteiger partial charge < -0.3 is 9.67 Å². The van der Waals surface area contributed by atoms with Crippen LogP contribution < -0.4 is 5.56 Å². The Hall–Kier alpha value is -2.69. The Balaban J connectivity index is 1.72. The highest BCUT2D eigenvalue weighted by Crippen LogP contribution is 2.27. The molecule has 3 aromatic rings. The number of aromatic nitrogens is 1. The van der Waals surface area contributed by atoms with Crippen molar-refractivity contribution in [2.45, 2.75) is 19.5 Å². The number of pyridine rings is 1. The van der Waals surface area contributed by atoms with Gasteiger partial charge in [-0.2, -0.15) is 0 Å². The monoisotopic (exact) mass is 378 g/mol. The molecule has 0 aliphatic carbocycles. The van der Waals surface area contributed by atoms with Crippen LogP contribution in [0.5, 0.6) is 0 Å². The second-order valence-corrected chi connectivity index (χ2v) is 7.12. The number of hydrogen-bond acceptors (Lipinski definition) is 3. The average molecular weight is 379 g/mol. The van der Waals surface area contributed by atoms with E-state index in [1.54, 1.807) is 24.4 Å². The lowest BCUT2D eigenvalue weighted by molar-refractivity contribution is 0.247. The van der Waals surface area contributed by atoms with Crippen molar-refractivity contribution in [3.05, 3.63) is 92.9 Å². The SMILES string of the molecule is CC1=NCc2ccc(-c3ccn([C@H](CO)c4cccc(Cl)c4)c(=O)c3)cc21. The summed E-state index contributed by atoms with van der Waals surface area (Å²) in [6, 6.07) is 16.4. The lowest BCUT2D eigenvalue weighted by atomic mass is 9.99. The quantitative estimate of drug-likeness (QED) is 0.743. The molecule has 5 heteroatoms. The molecule has 4 nitrogen and oxygen atoms in total. The predicted octanol–water partition coefficient (Wildman–Crippen LogP) is 4.07. The zero-order valence-corrected chi connectivity index (χ0v) is 15.6. The van der Waals surface area contributed by atoms with E-state index in [4.69, 9.17) is 11.6 Å². The first-order valence-electron chi connectivity index (χ1n) is 8.80. The van der Waals surface area contributed by atoms with Crippen molar-refractivity contribution in [1.29, 1.82) is 0 Å². The third-order valence-corrected chi connectivity index (χ3v) is 5.24. The minimum absolute atomic E-state index is 0.169. The summed E-state index contributed by atoms with van der Waals surface area (Å²) in [6.45, 7) is 2.54. The number of fused-ring (bicyclic) bond motifs is 1. The van der Waals surface area contributed by atoms with Gasteiger partial charge in [-0.15, -0.1) is 0 Å². The Bertz CT molecular complexity index is 1100. The van der Waals surface area contributed by atoms with Gasteiger partial charge in [-0.1, -0.05) is 35.9 Å². The van der Waals surface area contributed by atoms with Crippen molar-refractivity contribution in [2.75, 3.05) is 6.61 Å². The first-order valence-corrected chi connectivity index (χ1v) is 9.18. The van der Waals surface area contributed by atoms with Crippen molar-refractivity contribution in [3.63, 3.8) is 0 Å². The number of benzene rings is 2. The number of aliphatic hydroxyl groups excluding tert-OH is 1. The molecule has 0 saturated carbocycles. The van der Waals surface area contributed by atoms with E-state index < -0.39 is 6.04 Å². The highest BCUT2D eigenvalue weighted by atomic mass is 35.5. The van der Waals surface area contributed by atoms with Crippen LogP contribution in [0, 0.1) is 0 Å². The van der Waals surface area contributed by atoms with Gasteiger partial charge in [0.2, 0.25) is 0 Å². The van der Waals surface area contributed by atoms with Crippen LogP contribution in [0.15, 0.2) is 70.6 Å². The molecule has 1 aliphatic heterocycles. The fourth-order valence-electron chi connectivity index (χ4n) is 3.51. The minimum atomic E-state index is -0.473. The largest absolute Gasteiger partial charge is 0.394 e. The van der Waals surface area contributed by atoms with Crippen LogP contribution in [0.4, 0.5) is 0 Å². The number of rotatable bonds is 4. The zero-order chi connectivity index (χ0) is 19.0. The molecule has 0 saturated heterocycles. The molecule has 1 atom stereocenters. The zero-order valence-electron chi connectivity index (χ0n) is 14.9. The molecule has 4 rings (SSSR count). The van der Waals surface area contributed by atoms with Gasteiger partial charge in [0.1, 0.15) is 0 Å². The Morgan fingerprint density at radius 3 is 2.70 bits per heavy atom. The lowest BCUT2D eigenvalue weighted by Crippen LogP contribution is -2.26. The van der Waals surface area contributed by atoms with E-state index >= 15 is 0 Å². The molecule has 0 radical (unpaired) electrons. The molecule has 2 aromatic carbocycles. The van der Waals surface area contributed by atoms with Crippen molar-refractivity contribution in [1.82, 2.24) is 4.57 Å². The fourth-order valence-corrected chi connectivity index (χ4v) is 3.71. The van der Waals surface area contributed by atoms with Gasteiger partial charge in [-0.3, -0.25) is 9.79 Å². The Morgan fingerprint density at radius 1 is 1.15 bits per heavy atom. The molecule has 0 spiro atoms. The smallest absolute Gasteiger partial charge is 0.251 e. The maximum absolute atomic E-state index is 12.8. The van der Waals surface area contributed by atoms with Crippen molar-refractivity contribution >= 4 is 17.3 Å². The third kappa shape index (κ3) is 3.34. The van der Waals surface area contributed by atoms with Crippen LogP contribution in [0.1, 0.15) is 29.7 Å². The average Bonchev–Trinajstić information content (AvgIpc) is 3.04. The molecule has 0 fully saturated rings. The summed E-state index contributed by atoms with van der Waals surface area (Å²) in [7, 11) is 0. The number of hydrogen-bond donors (Lipinski definition) is 1. The molecule has 0 unspecified atom stereocenters. The van der Waals surface area contributed by atoms with Gasteiger partial charge in [0.25, 0.3) is 5.56 Å². The summed E-state index contributed by atoms with van der Waals surface area (Å²) in [5.74, 6) is 0. The van der Waals surface area contributed by atoms with Crippen molar-refractivity contribution in [3.8, 4) is 11.1 Å². The summed E-state index contributed by atoms with van der Waals surface area (Å²) in [6.07, 6.45) is 1.73. The van der Waals surface area contributed by atoms with E-state index in [9.17, 15) is 9.90 Å². The van der Waals surface area contributed by atoms with E-state index in [1.165, 1.54) is 10.1 Å². The molecular weight excluding hydrogens is 360 g/mol. The normalized spacial score (nSPS) is 14.0. The van der Waals surface area contributed by atoms with Crippen LogP contribution >= 0.6 is 11.6 Å². The molecule has 1 aromatic heterocycles. The van der Waals surface area contributed by atoms with Crippen molar-refractivity contribution in [2.24, 2.45) is 4.99 Å². The van der Waals surface area contributed by atoms with Gasteiger partial charge in [0.05, 0.1) is 19.2 Å². The molecule has 0 amide bonds. The summed E-state index contributed by atoms with van der Waals surface area (Å²) >= 11 is 6.06. The number of halogens is 1. The summed E-state index contributed by atoms with van der Waals surface area (Å²) in [4.78, 5) is 17.2. The molecular formula is C22H19ClN2O2. The van der Waals surface area contributed by atoms with E-state index in [0.717, 1.165) is 34.5 Å². The van der Waals surface area contributed by atoms with Gasteiger partial charge in [0, 0.05) is 28.6 Å². The summed E-state index contributed by atoms with van der Waals surface area (Å²) < 4.78 is 1.54. The Labute approximate surface area is 162 Å². The van der Waals surface area contributed by atoms with E-state index in [2.05, 4.69) is 17.1 Å². The van der Waals surface area contributed by atoms with Gasteiger partial charge in [0.15, 0.2) is 0 Å². The number of aliphatic hydroxyl groups is 1. The molecule has 1 aliphatic rings. The van der Waals surface area contributed by atoms with Crippen LogP contribution in [-0.4, -0.2) is 22.0 Å². The van der Waals surface area contributed by atoms with Gasteiger partial charge in [-0.25, -0.2) is 0 Å². The number of nitrogens with zero attached hydrogens (tertiary/aromatic N) is 2. The summed E-state index contributed by atoms with van der Waals surface area (Å²) in [5.41, 5.74) is 5.84. The minimum Gasteiger partial charge on any atom is -0.394 e. The highest BCUT2D eigenvalue weighted by molar-refractivity contribution is 6.30. The van der Waals surface area contributed by atoms with Crippen LogP contribution in [0.2, 0.25) is 5.02 Å². The van der Waals surface area contributed by atoms with Crippen LogP contribution in [-0.2, 0) is 6.54 Å². The van der Waals surface area contributed by atoms with Gasteiger partial charge in [-0.05, 0) is 53.4 Å². The maximum atomic E-state index is 12.8. The standard InChI is InChI=1S/C22H19ClN2O2/c1-14-20-10-15(5-6-18(20)12-24-14)16-7-8-25(22(27)11-16)21(13-26)17-3-2-4-19(23)9-17/h2-11,21,26H,12-13H2,1H3/t21-/m1/s1. The third-order valence-electron chi connectivity index (χ3n) is 5.01. The Kier molecular flexibility index (Phi) is 4.68. The summed E-state index contributed by atoms with van der Waals surface area (Å²) in [5, 5.41) is 10.4. The van der Waals surface area contributed by atoms with E-state index in [0.29, 0.717) is 5.02 Å². The second kappa shape index (κ2) is 7.14. The van der Waals surface area contributed by atoms with E-state index in [1.807, 2.05) is 31.2 Å². The van der Waals surface area contributed by atoms with E-state index in [-0.39, 0.29) is 12.2 Å². The molecule has 2 heterocycles. The van der Waals surface area contributed by atoms with Crippen LogP contribution in [0.3, 0.4) is 0 Å². The first-order chi connectivity index (χ1) is 13.1. The molecule has 1 N–H and O–H groups in total. The molecule has 27 heavy (non-hydrogen) atoms. The second-order valence-electron chi connectivity index (χ2n) is 6.69. The fraction of sp³-hybridized carbons (Fsp3) is 0.182. The van der Waals surface area contributed by atoms with Gasteiger partial charge >= 0.3 is 0 Å².